The number of rotatable bonds is 1. The van der Waals surface area contributed by atoms with Crippen LogP contribution in [0.5, 0.6) is 0 Å². The first kappa shape index (κ1) is 14.0. The summed E-state index contributed by atoms with van der Waals surface area (Å²) in [6.07, 6.45) is 4.52. The van der Waals surface area contributed by atoms with Crippen LogP contribution >= 0.6 is 0 Å². The molecule has 2 fully saturated rings. The van der Waals surface area contributed by atoms with Crippen LogP contribution in [0.2, 0.25) is 38.4 Å². The van der Waals surface area contributed by atoms with Crippen LogP contribution in [0.1, 0.15) is 19.3 Å². The van der Waals surface area contributed by atoms with Crippen molar-refractivity contribution in [1.29, 1.82) is 0 Å². The average molecular weight is 355 g/mol. The van der Waals surface area contributed by atoms with Gasteiger partial charge in [-0.15, -0.1) is 0 Å². The molecule has 17 heavy (non-hydrogen) atoms. The first-order valence-electron chi connectivity index (χ1n) is 7.21. The zero-order valence-corrected chi connectivity index (χ0v) is 16.3. The summed E-state index contributed by atoms with van der Waals surface area (Å²) >= 11 is -1.78. The predicted molar refractivity (Wildman–Crippen MR) is 82.5 cm³/mol. The van der Waals surface area contributed by atoms with Crippen molar-refractivity contribution >= 4 is 26.5 Å². The Kier molecular flexibility index (Phi) is 3.78. The minimum atomic E-state index is -1.78. The summed E-state index contributed by atoms with van der Waals surface area (Å²) in [5, 5.41) is 0. The van der Waals surface area contributed by atoms with Crippen LogP contribution in [0.3, 0.4) is 0 Å². The molecule has 2 bridgehead atoms. The molecule has 0 spiro atoms. The predicted octanol–water partition coefficient (Wildman–Crippen LogP) is 4.62. The Bertz CT molecular complexity index is 350. The van der Waals surface area contributed by atoms with Gasteiger partial charge in [0.2, 0.25) is 0 Å². The topological polar surface area (TPSA) is 0 Å². The fraction of sp³-hybridized carbons (Fsp3) is 0.867. The summed E-state index contributed by atoms with van der Waals surface area (Å²) in [7, 11) is -1.18. The van der Waals surface area contributed by atoms with E-state index in [1.807, 2.05) is 0 Å². The van der Waals surface area contributed by atoms with E-state index in [1.165, 1.54) is 19.3 Å². The Morgan fingerprint density at radius 2 is 1.59 bits per heavy atom. The standard InChI is InChI=1S/C12H19Si.3CH3.Sn/c1-13(2,3)7-6-12-9-10-4-5-11(12)8-10;;;;/h9-12H,4-5,8H2,1-3H3;3*1H3;/t10-,11+,12+;;;;/m1..../s1. The third-order valence-electron chi connectivity index (χ3n) is 4.53. The third kappa shape index (κ3) is 3.12. The van der Waals surface area contributed by atoms with E-state index in [0.29, 0.717) is 0 Å². The molecule has 0 heterocycles. The van der Waals surface area contributed by atoms with Crippen LogP contribution in [0.4, 0.5) is 0 Å². The van der Waals surface area contributed by atoms with Crippen molar-refractivity contribution in [3.05, 3.63) is 0 Å². The van der Waals surface area contributed by atoms with Crippen LogP contribution in [-0.4, -0.2) is 26.5 Å². The molecule has 0 aliphatic heterocycles. The van der Waals surface area contributed by atoms with E-state index < -0.39 is 26.5 Å². The van der Waals surface area contributed by atoms with E-state index in [0.717, 1.165) is 21.7 Å². The summed E-state index contributed by atoms with van der Waals surface area (Å²) in [4.78, 5) is 7.88. The zero-order valence-electron chi connectivity index (χ0n) is 12.4. The van der Waals surface area contributed by atoms with Gasteiger partial charge in [0, 0.05) is 0 Å². The molecule has 2 aliphatic carbocycles. The van der Waals surface area contributed by atoms with E-state index >= 15 is 0 Å². The molecule has 0 saturated heterocycles. The molecule has 0 unspecified atom stereocenters. The Morgan fingerprint density at radius 1 is 1.00 bits per heavy atom. The first-order chi connectivity index (χ1) is 7.68. The van der Waals surface area contributed by atoms with Crippen molar-refractivity contribution in [1.82, 2.24) is 0 Å². The summed E-state index contributed by atoms with van der Waals surface area (Å²) in [5.41, 5.74) is 3.67. The quantitative estimate of drug-likeness (QED) is 0.476. The molecule has 0 radical (unpaired) electrons. The molecule has 0 aromatic carbocycles. The second-order valence-electron chi connectivity index (χ2n) is 8.27. The zero-order chi connectivity index (χ0) is 12.8. The van der Waals surface area contributed by atoms with E-state index in [1.54, 1.807) is 0 Å². The molecule has 0 aromatic heterocycles. The average Bonchev–Trinajstić information content (AvgIpc) is 2.70. The van der Waals surface area contributed by atoms with Gasteiger partial charge in [-0.05, 0) is 0 Å². The maximum absolute atomic E-state index is 3.77. The maximum atomic E-state index is 3.77. The van der Waals surface area contributed by atoms with Gasteiger partial charge in [0.25, 0.3) is 0 Å². The van der Waals surface area contributed by atoms with Crippen molar-refractivity contribution < 1.29 is 0 Å². The van der Waals surface area contributed by atoms with Gasteiger partial charge in [0.15, 0.2) is 0 Å². The van der Waals surface area contributed by atoms with Crippen LogP contribution in [0.25, 0.3) is 0 Å². The van der Waals surface area contributed by atoms with Gasteiger partial charge in [-0.2, -0.15) is 0 Å². The normalized spacial score (nSPS) is 36.8. The molecule has 0 aromatic rings. The van der Waals surface area contributed by atoms with Gasteiger partial charge in [0.1, 0.15) is 0 Å². The van der Waals surface area contributed by atoms with E-state index in [2.05, 4.69) is 45.9 Å². The SMILES string of the molecule is C[Si](C)(C)C#C[C@@H]1[C@H]2CC[C@H](C2)[C@@H]1[Sn]([CH3])([CH3])[CH3]. The van der Waals surface area contributed by atoms with Gasteiger partial charge in [-0.25, -0.2) is 0 Å². The molecule has 96 valence electrons. The van der Waals surface area contributed by atoms with Crippen LogP contribution in [-0.2, 0) is 0 Å². The van der Waals surface area contributed by atoms with Crippen LogP contribution in [0, 0.1) is 29.2 Å². The number of fused-ring (bicyclic) bond motifs is 2. The third-order valence-corrected chi connectivity index (χ3v) is 13.5. The Labute approximate surface area is 113 Å². The molecule has 2 heteroatoms. The van der Waals surface area contributed by atoms with Crippen LogP contribution in [0.15, 0.2) is 0 Å². The van der Waals surface area contributed by atoms with Gasteiger partial charge >= 0.3 is 113 Å². The molecule has 0 nitrogen and oxygen atoms in total. The first-order valence-corrected chi connectivity index (χ1v) is 20.9. The van der Waals surface area contributed by atoms with Crippen molar-refractivity contribution in [3.8, 4) is 11.5 Å². The molecule has 2 rings (SSSR count). The number of hydrogen-bond acceptors (Lipinski definition) is 0. The second kappa shape index (κ2) is 4.60. The Morgan fingerprint density at radius 3 is 2.12 bits per heavy atom. The number of hydrogen-bond donors (Lipinski definition) is 0. The van der Waals surface area contributed by atoms with E-state index in [-0.39, 0.29) is 0 Å². The fourth-order valence-corrected chi connectivity index (χ4v) is 13.6. The Hall–Kier alpha value is 0.576. The molecule has 0 amide bonds. The summed E-state index contributed by atoms with van der Waals surface area (Å²) in [6, 6.07) is 0. The van der Waals surface area contributed by atoms with Crippen molar-refractivity contribution in [3.63, 3.8) is 0 Å². The van der Waals surface area contributed by atoms with E-state index in [9.17, 15) is 0 Å². The van der Waals surface area contributed by atoms with Crippen LogP contribution < -0.4 is 0 Å². The van der Waals surface area contributed by atoms with Crippen molar-refractivity contribution in [2.75, 3.05) is 0 Å². The monoisotopic (exact) mass is 356 g/mol. The summed E-state index contributed by atoms with van der Waals surface area (Å²) < 4.78 is 1.06. The van der Waals surface area contributed by atoms with Crippen molar-refractivity contribution in [2.45, 2.75) is 57.7 Å². The van der Waals surface area contributed by atoms with Gasteiger partial charge < -0.3 is 0 Å². The molecular formula is C15H28SiSn. The molecule has 4 atom stereocenters. The fourth-order valence-electron chi connectivity index (χ4n) is 4.04. The minimum absolute atomic E-state index is 0.802. The summed E-state index contributed by atoms with van der Waals surface area (Å²) in [6.45, 7) is 7.13. The summed E-state index contributed by atoms with van der Waals surface area (Å²) in [5.74, 6) is 6.62. The van der Waals surface area contributed by atoms with Crippen molar-refractivity contribution in [2.24, 2.45) is 17.8 Å². The molecule has 0 N–H and O–H groups in total. The second-order valence-corrected chi connectivity index (χ2v) is 28.4. The molecule has 2 aliphatic rings. The van der Waals surface area contributed by atoms with Gasteiger partial charge in [-0.3, -0.25) is 0 Å². The van der Waals surface area contributed by atoms with Gasteiger partial charge in [-0.1, -0.05) is 0 Å². The molecule has 2 saturated carbocycles. The molecular weight excluding hydrogens is 327 g/mol. The van der Waals surface area contributed by atoms with E-state index in [4.69, 9.17) is 0 Å². The Balaban J connectivity index is 2.22. The van der Waals surface area contributed by atoms with Gasteiger partial charge in [0.05, 0.1) is 0 Å².